The molecule has 0 unspecified atom stereocenters. The minimum Gasteiger partial charge on any atom is -0.372 e. The van der Waals surface area contributed by atoms with E-state index in [1.807, 2.05) is 0 Å². The zero-order valence-electron chi connectivity index (χ0n) is 13.2. The molecule has 25 heavy (non-hydrogen) atoms. The van der Waals surface area contributed by atoms with Crippen molar-refractivity contribution in [2.75, 3.05) is 13.2 Å². The molecule has 2 aromatic rings. The summed E-state index contributed by atoms with van der Waals surface area (Å²) in [7, 11) is 0. The van der Waals surface area contributed by atoms with Crippen LogP contribution in [0.25, 0.3) is 0 Å². The van der Waals surface area contributed by atoms with Gasteiger partial charge in [-0.2, -0.15) is 18.3 Å². The predicted octanol–water partition coefficient (Wildman–Crippen LogP) is 2.72. The van der Waals surface area contributed by atoms with Crippen LogP contribution in [0.2, 0.25) is 0 Å². The second-order valence-electron chi connectivity index (χ2n) is 5.81. The lowest BCUT2D eigenvalue weighted by molar-refractivity contribution is -0.138. The zero-order valence-corrected chi connectivity index (χ0v) is 13.2. The smallest absolute Gasteiger partial charge is 0.372 e. The van der Waals surface area contributed by atoms with Crippen molar-refractivity contribution in [2.45, 2.75) is 25.1 Å². The number of amides is 1. The third kappa shape index (κ3) is 3.98. The molecule has 0 spiro atoms. The van der Waals surface area contributed by atoms with Gasteiger partial charge in [-0.15, -0.1) is 0 Å². The van der Waals surface area contributed by atoms with E-state index in [9.17, 15) is 18.0 Å². The van der Waals surface area contributed by atoms with E-state index >= 15 is 0 Å². The molecule has 0 radical (unpaired) electrons. The summed E-state index contributed by atoms with van der Waals surface area (Å²) in [4.78, 5) is 15.8. The fourth-order valence-corrected chi connectivity index (χ4v) is 2.94. The maximum absolute atomic E-state index is 13.0. The van der Waals surface area contributed by atoms with Crippen LogP contribution >= 0.6 is 0 Å². The van der Waals surface area contributed by atoms with Crippen LogP contribution in [-0.2, 0) is 10.9 Å². The number of carbonyl (C=O) groups excluding carboxylic acids is 1. The number of ether oxygens (including phenoxy) is 1. The number of nitrogens with zero attached hydrogens (tertiary/aromatic N) is 2. The van der Waals surface area contributed by atoms with Gasteiger partial charge in [-0.25, -0.2) is 0 Å². The fourth-order valence-electron chi connectivity index (χ4n) is 2.94. The maximum Gasteiger partial charge on any atom is 0.418 e. The number of pyridine rings is 1. The standard InChI is InChI=1S/C16H17F3N4O2/c17-16(18,19)11-4-1-6-20-13(11)15(24)21-9-10-3-2-8-25-14(10)12-5-7-22-23-12/h1,4-7,10,14H,2-3,8-9H2,(H,21,24)(H,22,23)/t10-,14+/m0/s1. The normalized spacial score (nSPS) is 21.1. The first-order valence-electron chi connectivity index (χ1n) is 7.88. The average Bonchev–Trinajstić information content (AvgIpc) is 3.13. The molecule has 3 rings (SSSR count). The number of aromatic nitrogens is 3. The number of H-pyrrole nitrogens is 1. The number of aromatic amines is 1. The summed E-state index contributed by atoms with van der Waals surface area (Å²) >= 11 is 0. The van der Waals surface area contributed by atoms with E-state index in [1.54, 1.807) is 12.3 Å². The monoisotopic (exact) mass is 354 g/mol. The molecule has 1 fully saturated rings. The largest absolute Gasteiger partial charge is 0.418 e. The highest BCUT2D eigenvalue weighted by Crippen LogP contribution is 2.33. The molecule has 1 aliphatic rings. The summed E-state index contributed by atoms with van der Waals surface area (Å²) in [5.41, 5.74) is -0.880. The van der Waals surface area contributed by atoms with E-state index in [0.717, 1.165) is 30.7 Å². The molecular formula is C16H17F3N4O2. The van der Waals surface area contributed by atoms with Crippen molar-refractivity contribution in [3.05, 3.63) is 47.5 Å². The highest BCUT2D eigenvalue weighted by Gasteiger charge is 2.36. The lowest BCUT2D eigenvalue weighted by Gasteiger charge is -2.31. The number of nitrogens with one attached hydrogen (secondary N) is 2. The summed E-state index contributed by atoms with van der Waals surface area (Å²) in [6, 6.07) is 3.78. The van der Waals surface area contributed by atoms with Crippen LogP contribution in [0.5, 0.6) is 0 Å². The van der Waals surface area contributed by atoms with Crippen molar-refractivity contribution in [1.82, 2.24) is 20.5 Å². The number of halogens is 3. The van der Waals surface area contributed by atoms with Gasteiger partial charge in [0.2, 0.25) is 0 Å². The summed E-state index contributed by atoms with van der Waals surface area (Å²) in [5.74, 6) is -0.905. The summed E-state index contributed by atoms with van der Waals surface area (Å²) in [6.45, 7) is 0.781. The van der Waals surface area contributed by atoms with Crippen molar-refractivity contribution in [3.8, 4) is 0 Å². The van der Waals surface area contributed by atoms with Gasteiger partial charge >= 0.3 is 6.18 Å². The fraction of sp³-hybridized carbons (Fsp3) is 0.438. The Morgan fingerprint density at radius 2 is 2.20 bits per heavy atom. The van der Waals surface area contributed by atoms with Gasteiger partial charge in [0, 0.05) is 31.5 Å². The van der Waals surface area contributed by atoms with Gasteiger partial charge in [-0.3, -0.25) is 14.9 Å². The molecule has 2 aromatic heterocycles. The zero-order chi connectivity index (χ0) is 17.9. The Morgan fingerprint density at radius 1 is 1.36 bits per heavy atom. The number of rotatable bonds is 4. The molecule has 2 atom stereocenters. The molecule has 9 heteroatoms. The lowest BCUT2D eigenvalue weighted by Crippen LogP contribution is -2.36. The van der Waals surface area contributed by atoms with Gasteiger partial charge in [0.1, 0.15) is 11.8 Å². The van der Waals surface area contributed by atoms with Crippen molar-refractivity contribution in [2.24, 2.45) is 5.92 Å². The van der Waals surface area contributed by atoms with Gasteiger partial charge in [-0.1, -0.05) is 0 Å². The number of carbonyl (C=O) groups is 1. The van der Waals surface area contributed by atoms with Gasteiger partial charge in [-0.05, 0) is 31.0 Å². The van der Waals surface area contributed by atoms with Crippen molar-refractivity contribution in [3.63, 3.8) is 0 Å². The molecule has 134 valence electrons. The molecule has 0 aromatic carbocycles. The highest BCUT2D eigenvalue weighted by molar-refractivity contribution is 5.93. The van der Waals surface area contributed by atoms with Crippen LogP contribution < -0.4 is 5.32 Å². The maximum atomic E-state index is 13.0. The quantitative estimate of drug-likeness (QED) is 0.885. The van der Waals surface area contributed by atoms with Gasteiger partial charge in [0.25, 0.3) is 5.91 Å². The van der Waals surface area contributed by atoms with Crippen LogP contribution in [0.3, 0.4) is 0 Å². The molecule has 1 aliphatic heterocycles. The first-order chi connectivity index (χ1) is 12.0. The van der Waals surface area contributed by atoms with Gasteiger partial charge < -0.3 is 10.1 Å². The molecule has 0 aliphatic carbocycles. The predicted molar refractivity (Wildman–Crippen MR) is 81.6 cm³/mol. The van der Waals surface area contributed by atoms with Crippen molar-refractivity contribution >= 4 is 5.91 Å². The summed E-state index contributed by atoms with van der Waals surface area (Å²) in [6.07, 6.45) is -0.524. The Labute approximate surface area is 141 Å². The third-order valence-electron chi connectivity index (χ3n) is 4.13. The Balaban J connectivity index is 1.70. The molecule has 1 amide bonds. The molecule has 1 saturated heterocycles. The van der Waals surface area contributed by atoms with E-state index in [0.29, 0.717) is 6.61 Å². The minimum atomic E-state index is -4.63. The SMILES string of the molecule is O=C(NC[C@@H]1CCCO[C@H]1c1ccn[nH]1)c1ncccc1C(F)(F)F. The second-order valence-corrected chi connectivity index (χ2v) is 5.81. The van der Waals surface area contributed by atoms with Crippen molar-refractivity contribution in [1.29, 1.82) is 0 Å². The van der Waals surface area contributed by atoms with E-state index in [2.05, 4.69) is 20.5 Å². The van der Waals surface area contributed by atoms with E-state index < -0.39 is 23.3 Å². The topological polar surface area (TPSA) is 79.9 Å². The van der Waals surface area contributed by atoms with Crippen LogP contribution in [0.4, 0.5) is 13.2 Å². The number of alkyl halides is 3. The Hall–Kier alpha value is -2.42. The minimum absolute atomic E-state index is 0.0591. The first kappa shape index (κ1) is 17.4. The summed E-state index contributed by atoms with van der Waals surface area (Å²) in [5, 5.41) is 9.28. The molecule has 0 bridgehead atoms. The van der Waals surface area contributed by atoms with Crippen LogP contribution in [-0.4, -0.2) is 34.2 Å². The third-order valence-corrected chi connectivity index (χ3v) is 4.13. The number of hydrogen-bond acceptors (Lipinski definition) is 4. The first-order valence-corrected chi connectivity index (χ1v) is 7.88. The Bertz CT molecular complexity index is 718. The van der Waals surface area contributed by atoms with Crippen LogP contribution in [0.1, 0.15) is 40.7 Å². The average molecular weight is 354 g/mol. The molecule has 6 nitrogen and oxygen atoms in total. The van der Waals surface area contributed by atoms with Crippen LogP contribution in [0.15, 0.2) is 30.6 Å². The molecule has 3 heterocycles. The highest BCUT2D eigenvalue weighted by atomic mass is 19.4. The molecule has 2 N–H and O–H groups in total. The number of hydrogen-bond donors (Lipinski definition) is 2. The second kappa shape index (κ2) is 7.22. The molecular weight excluding hydrogens is 337 g/mol. The Morgan fingerprint density at radius 3 is 2.92 bits per heavy atom. The van der Waals surface area contributed by atoms with Gasteiger partial charge in [0.05, 0.1) is 11.3 Å². The Kier molecular flexibility index (Phi) is 5.03. The lowest BCUT2D eigenvalue weighted by atomic mass is 9.92. The van der Waals surface area contributed by atoms with Crippen LogP contribution in [0, 0.1) is 5.92 Å². The van der Waals surface area contributed by atoms with E-state index in [1.165, 1.54) is 6.20 Å². The van der Waals surface area contributed by atoms with Gasteiger partial charge in [0.15, 0.2) is 0 Å². The van der Waals surface area contributed by atoms with Crippen molar-refractivity contribution < 1.29 is 22.7 Å². The van der Waals surface area contributed by atoms with E-state index in [-0.39, 0.29) is 18.6 Å². The molecule has 0 saturated carbocycles. The van der Waals surface area contributed by atoms with E-state index in [4.69, 9.17) is 4.74 Å². The summed E-state index contributed by atoms with van der Waals surface area (Å²) < 4.78 is 44.7.